The zero-order chi connectivity index (χ0) is 16.4. The van der Waals surface area contributed by atoms with Gasteiger partial charge in [0.25, 0.3) is 0 Å². The monoisotopic (exact) mass is 318 g/mol. The van der Waals surface area contributed by atoms with Gasteiger partial charge in [-0.05, 0) is 72.6 Å². The molecule has 0 N–H and O–H groups in total. The molecule has 1 aliphatic carbocycles. The molecule has 0 radical (unpaired) electrons. The maximum Gasteiger partial charge on any atom is 0.165 e. The van der Waals surface area contributed by atoms with Gasteiger partial charge < -0.3 is 9.47 Å². The third-order valence-electron chi connectivity index (χ3n) is 4.59. The van der Waals surface area contributed by atoms with Crippen LogP contribution in [0.3, 0.4) is 0 Å². The Labute approximate surface area is 135 Å². The molecule has 0 saturated heterocycles. The molecule has 0 aromatic heterocycles. The molecule has 0 aliphatic heterocycles. The average molecular weight is 318 g/mol. The highest BCUT2D eigenvalue weighted by atomic mass is 19.1. The number of methoxy groups -OCH3 is 2. The summed E-state index contributed by atoms with van der Waals surface area (Å²) in [5.41, 5.74) is 3.18. The van der Waals surface area contributed by atoms with E-state index in [1.54, 1.807) is 24.3 Å². The van der Waals surface area contributed by atoms with Gasteiger partial charge in [0.1, 0.15) is 0 Å². The molecule has 2 aromatic carbocycles. The summed E-state index contributed by atoms with van der Waals surface area (Å²) in [5, 5.41) is 0. The Hall–Kier alpha value is -2.10. The maximum absolute atomic E-state index is 14.0. The van der Waals surface area contributed by atoms with Gasteiger partial charge in [0.15, 0.2) is 23.1 Å². The molecule has 122 valence electrons. The van der Waals surface area contributed by atoms with E-state index < -0.39 is 0 Å². The Morgan fingerprint density at radius 2 is 1.65 bits per heavy atom. The summed E-state index contributed by atoms with van der Waals surface area (Å²) < 4.78 is 37.8. The second kappa shape index (κ2) is 6.57. The van der Waals surface area contributed by atoms with Crippen molar-refractivity contribution < 1.29 is 18.3 Å². The van der Waals surface area contributed by atoms with E-state index in [0.29, 0.717) is 5.75 Å². The van der Waals surface area contributed by atoms with Crippen molar-refractivity contribution in [1.82, 2.24) is 0 Å². The number of fused-ring (bicyclic) bond motifs is 1. The maximum atomic E-state index is 14.0. The largest absolute Gasteiger partial charge is 0.494 e. The summed E-state index contributed by atoms with van der Waals surface area (Å²) in [6.07, 6.45) is 3.63. The number of rotatable bonds is 3. The first-order chi connectivity index (χ1) is 11.1. The van der Waals surface area contributed by atoms with Crippen LogP contribution in [0.2, 0.25) is 0 Å². The van der Waals surface area contributed by atoms with Gasteiger partial charge in [0.2, 0.25) is 0 Å². The third-order valence-corrected chi connectivity index (χ3v) is 4.59. The van der Waals surface area contributed by atoms with Gasteiger partial charge in [0.05, 0.1) is 14.2 Å². The minimum atomic E-state index is -0.360. The lowest BCUT2D eigenvalue weighted by atomic mass is 9.89. The average Bonchev–Trinajstić information content (AvgIpc) is 2.76. The number of aryl methyl sites for hydroxylation is 1. The van der Waals surface area contributed by atoms with E-state index in [0.717, 1.165) is 42.4 Å². The van der Waals surface area contributed by atoms with Crippen LogP contribution < -0.4 is 9.47 Å². The number of benzene rings is 2. The second-order valence-corrected chi connectivity index (χ2v) is 5.94. The third kappa shape index (κ3) is 3.16. The summed E-state index contributed by atoms with van der Waals surface area (Å²) in [6, 6.07) is 8.37. The summed E-state index contributed by atoms with van der Waals surface area (Å²) in [6.45, 7) is 0. The Morgan fingerprint density at radius 1 is 0.913 bits per heavy atom. The molecule has 0 fully saturated rings. The molecule has 1 aliphatic rings. The molecule has 0 bridgehead atoms. The SMILES string of the molecule is COc1cc(C2CCCc3cc(OC)c(F)cc3C2)ccc1F. The highest BCUT2D eigenvalue weighted by Gasteiger charge is 2.21. The van der Waals surface area contributed by atoms with Crippen LogP contribution >= 0.6 is 0 Å². The lowest BCUT2D eigenvalue weighted by molar-refractivity contribution is 0.385. The molecule has 2 aromatic rings. The van der Waals surface area contributed by atoms with Crippen LogP contribution in [0.5, 0.6) is 11.5 Å². The highest BCUT2D eigenvalue weighted by molar-refractivity contribution is 5.40. The normalized spacial score (nSPS) is 17.3. The molecule has 0 spiro atoms. The van der Waals surface area contributed by atoms with Gasteiger partial charge in [-0.1, -0.05) is 6.07 Å². The van der Waals surface area contributed by atoms with Crippen LogP contribution in [0, 0.1) is 11.6 Å². The first-order valence-corrected chi connectivity index (χ1v) is 7.81. The molecule has 0 heterocycles. The summed E-state index contributed by atoms with van der Waals surface area (Å²) in [7, 11) is 2.95. The Kier molecular flexibility index (Phi) is 4.51. The number of hydrogen-bond donors (Lipinski definition) is 0. The van der Waals surface area contributed by atoms with Gasteiger partial charge in [-0.3, -0.25) is 0 Å². The molecule has 1 unspecified atom stereocenters. The van der Waals surface area contributed by atoms with E-state index in [1.807, 2.05) is 0 Å². The van der Waals surface area contributed by atoms with Gasteiger partial charge >= 0.3 is 0 Å². The molecular weight excluding hydrogens is 298 g/mol. The minimum absolute atomic E-state index is 0.235. The van der Waals surface area contributed by atoms with E-state index in [1.165, 1.54) is 20.3 Å². The highest BCUT2D eigenvalue weighted by Crippen LogP contribution is 2.35. The molecule has 23 heavy (non-hydrogen) atoms. The van der Waals surface area contributed by atoms with Crippen LogP contribution in [-0.4, -0.2) is 14.2 Å². The van der Waals surface area contributed by atoms with Crippen molar-refractivity contribution in [2.45, 2.75) is 31.6 Å². The Bertz CT molecular complexity index is 713. The molecule has 0 saturated carbocycles. The topological polar surface area (TPSA) is 18.5 Å². The van der Waals surface area contributed by atoms with Crippen LogP contribution in [0.15, 0.2) is 30.3 Å². The summed E-state index contributed by atoms with van der Waals surface area (Å²) in [5.74, 6) is 0.0988. The van der Waals surface area contributed by atoms with Crippen molar-refractivity contribution in [3.8, 4) is 11.5 Å². The van der Waals surface area contributed by atoms with E-state index >= 15 is 0 Å². The second-order valence-electron chi connectivity index (χ2n) is 5.94. The molecular formula is C19H20F2O2. The van der Waals surface area contributed by atoms with Crippen molar-refractivity contribution in [3.63, 3.8) is 0 Å². The summed E-state index contributed by atoms with van der Waals surface area (Å²) >= 11 is 0. The van der Waals surface area contributed by atoms with Crippen molar-refractivity contribution in [1.29, 1.82) is 0 Å². The van der Waals surface area contributed by atoms with Gasteiger partial charge in [0, 0.05) is 0 Å². The zero-order valence-electron chi connectivity index (χ0n) is 13.4. The van der Waals surface area contributed by atoms with Crippen LogP contribution in [-0.2, 0) is 12.8 Å². The first kappa shape index (κ1) is 15.8. The summed E-state index contributed by atoms with van der Waals surface area (Å²) in [4.78, 5) is 0. The molecule has 4 heteroatoms. The smallest absolute Gasteiger partial charge is 0.165 e. The standard InChI is InChI=1S/C19H20F2O2/c1-22-18-11-14(6-7-16(18)20)12-4-3-5-13-10-19(23-2)17(21)9-15(13)8-12/h6-7,9-12H,3-5,8H2,1-2H3. The van der Waals surface area contributed by atoms with Crippen LogP contribution in [0.1, 0.15) is 35.4 Å². The van der Waals surface area contributed by atoms with Crippen LogP contribution in [0.25, 0.3) is 0 Å². The number of hydrogen-bond acceptors (Lipinski definition) is 2. The van der Waals surface area contributed by atoms with Crippen molar-refractivity contribution in [2.75, 3.05) is 14.2 Å². The molecule has 0 amide bonds. The lowest BCUT2D eigenvalue weighted by Crippen LogP contribution is -2.04. The predicted molar refractivity (Wildman–Crippen MR) is 85.3 cm³/mol. The Morgan fingerprint density at radius 3 is 2.39 bits per heavy atom. The van der Waals surface area contributed by atoms with E-state index in [-0.39, 0.29) is 23.3 Å². The fraction of sp³-hybridized carbons (Fsp3) is 0.368. The number of halogens is 2. The first-order valence-electron chi connectivity index (χ1n) is 7.81. The van der Waals surface area contributed by atoms with E-state index in [9.17, 15) is 8.78 Å². The van der Waals surface area contributed by atoms with Crippen molar-refractivity contribution in [2.24, 2.45) is 0 Å². The fourth-order valence-corrected chi connectivity index (χ4v) is 3.34. The number of ether oxygens (including phenoxy) is 2. The minimum Gasteiger partial charge on any atom is -0.494 e. The van der Waals surface area contributed by atoms with E-state index in [4.69, 9.17) is 9.47 Å². The lowest BCUT2D eigenvalue weighted by Gasteiger charge is -2.17. The van der Waals surface area contributed by atoms with Gasteiger partial charge in [-0.25, -0.2) is 8.78 Å². The molecule has 2 nitrogen and oxygen atoms in total. The zero-order valence-corrected chi connectivity index (χ0v) is 13.4. The van der Waals surface area contributed by atoms with Gasteiger partial charge in [-0.15, -0.1) is 0 Å². The van der Waals surface area contributed by atoms with Gasteiger partial charge in [-0.2, -0.15) is 0 Å². The fourth-order valence-electron chi connectivity index (χ4n) is 3.34. The van der Waals surface area contributed by atoms with E-state index in [2.05, 4.69) is 0 Å². The Balaban J connectivity index is 1.93. The molecule has 3 rings (SSSR count). The quantitative estimate of drug-likeness (QED) is 0.767. The van der Waals surface area contributed by atoms with Crippen LogP contribution in [0.4, 0.5) is 8.78 Å². The molecule has 1 atom stereocenters. The van der Waals surface area contributed by atoms with Crippen molar-refractivity contribution in [3.05, 3.63) is 58.7 Å². The predicted octanol–water partition coefficient (Wildman–Crippen LogP) is 4.64. The van der Waals surface area contributed by atoms with Crippen molar-refractivity contribution >= 4 is 0 Å².